The molecule has 0 bridgehead atoms. The smallest absolute Gasteiger partial charge is 0.251 e. The number of rotatable bonds is 7. The Morgan fingerprint density at radius 1 is 1.16 bits per heavy atom. The summed E-state index contributed by atoms with van der Waals surface area (Å²) in [6.45, 7) is 2.33. The fourth-order valence-corrected chi connectivity index (χ4v) is 4.09. The Bertz CT molecular complexity index is 1240. The van der Waals surface area contributed by atoms with Crippen LogP contribution in [0.1, 0.15) is 22.3 Å². The molecule has 0 unspecified atom stereocenters. The molecule has 0 aliphatic carbocycles. The number of benzene rings is 2. The largest absolute Gasteiger partial charge is 0.497 e. The summed E-state index contributed by atoms with van der Waals surface area (Å²) in [5.74, 6) is 1.72. The number of aryl methyl sites for hydroxylation is 1. The quantitative estimate of drug-likeness (QED) is 0.452. The molecule has 4 aromatic rings. The van der Waals surface area contributed by atoms with Crippen LogP contribution in [0.3, 0.4) is 0 Å². The summed E-state index contributed by atoms with van der Waals surface area (Å²) in [5.41, 5.74) is 3.85. The number of ether oxygens (including phenoxy) is 1. The molecular weight excluding hydrogens is 402 g/mol. The van der Waals surface area contributed by atoms with Crippen LogP contribution in [0.15, 0.2) is 67.3 Å². The van der Waals surface area contributed by atoms with Crippen LogP contribution >= 0.6 is 0 Å². The second-order valence-corrected chi connectivity index (χ2v) is 7.89. The van der Waals surface area contributed by atoms with Crippen molar-refractivity contribution in [2.24, 2.45) is 0 Å². The van der Waals surface area contributed by atoms with E-state index >= 15 is 0 Å². The van der Waals surface area contributed by atoms with E-state index in [1.54, 1.807) is 19.6 Å². The summed E-state index contributed by atoms with van der Waals surface area (Å²) in [6, 6.07) is 15.9. The van der Waals surface area contributed by atoms with Crippen molar-refractivity contribution in [3.8, 4) is 5.75 Å². The Hall–Kier alpha value is -3.87. The van der Waals surface area contributed by atoms with Gasteiger partial charge in [0.1, 0.15) is 11.6 Å². The van der Waals surface area contributed by atoms with Gasteiger partial charge in [-0.3, -0.25) is 4.79 Å². The van der Waals surface area contributed by atoms with Gasteiger partial charge in [-0.1, -0.05) is 0 Å². The number of fused-ring (bicyclic) bond motifs is 2. The predicted molar refractivity (Wildman–Crippen MR) is 125 cm³/mol. The van der Waals surface area contributed by atoms with Crippen molar-refractivity contribution in [3.63, 3.8) is 0 Å². The number of nitrogens with zero attached hydrogens (tertiary/aromatic N) is 4. The van der Waals surface area contributed by atoms with Gasteiger partial charge in [-0.2, -0.15) is 0 Å². The second kappa shape index (κ2) is 8.70. The number of methoxy groups -OCH3 is 1. The van der Waals surface area contributed by atoms with E-state index in [0.717, 1.165) is 54.1 Å². The standard InChI is InChI=1S/C25H25N5O2/c1-32-22-8-5-19-15-20-9-13-30(24(20)28-23(19)16-22)21-6-3-18(4-7-21)25(31)27-10-2-12-29-14-11-26-17-29/h3-8,11,14-17H,2,9-10,12-13H2,1H3,(H,27,31). The van der Waals surface area contributed by atoms with Gasteiger partial charge < -0.3 is 19.5 Å². The topological polar surface area (TPSA) is 72.3 Å². The van der Waals surface area contributed by atoms with E-state index in [0.29, 0.717) is 12.1 Å². The number of pyridine rings is 1. The van der Waals surface area contributed by atoms with Crippen LogP contribution < -0.4 is 15.0 Å². The average molecular weight is 428 g/mol. The Kier molecular flexibility index (Phi) is 5.46. The van der Waals surface area contributed by atoms with Crippen molar-refractivity contribution in [1.29, 1.82) is 0 Å². The molecule has 5 rings (SSSR count). The minimum atomic E-state index is -0.0554. The number of amides is 1. The maximum atomic E-state index is 12.5. The summed E-state index contributed by atoms with van der Waals surface area (Å²) in [6.07, 6.45) is 7.27. The van der Waals surface area contributed by atoms with Gasteiger partial charge in [0.15, 0.2) is 0 Å². The molecule has 7 nitrogen and oxygen atoms in total. The van der Waals surface area contributed by atoms with Gasteiger partial charge in [-0.25, -0.2) is 9.97 Å². The molecular formula is C25H25N5O2. The number of hydrogen-bond acceptors (Lipinski definition) is 5. The van der Waals surface area contributed by atoms with E-state index in [2.05, 4.69) is 21.3 Å². The van der Waals surface area contributed by atoms with Gasteiger partial charge in [0, 0.05) is 54.7 Å². The number of carbonyl (C=O) groups excluding carboxylic acids is 1. The molecule has 7 heteroatoms. The van der Waals surface area contributed by atoms with E-state index in [1.165, 1.54) is 5.56 Å². The molecule has 1 aliphatic rings. The van der Waals surface area contributed by atoms with Gasteiger partial charge in [0.2, 0.25) is 0 Å². The highest BCUT2D eigenvalue weighted by Crippen LogP contribution is 2.35. The highest BCUT2D eigenvalue weighted by molar-refractivity contribution is 5.94. The molecule has 1 N–H and O–H groups in total. The number of anilines is 2. The Morgan fingerprint density at radius 3 is 2.81 bits per heavy atom. The van der Waals surface area contributed by atoms with Crippen LogP contribution in [-0.2, 0) is 13.0 Å². The molecule has 1 amide bonds. The van der Waals surface area contributed by atoms with Gasteiger partial charge in [0.25, 0.3) is 5.91 Å². The Morgan fingerprint density at radius 2 is 2.03 bits per heavy atom. The van der Waals surface area contributed by atoms with Crippen molar-refractivity contribution in [2.45, 2.75) is 19.4 Å². The van der Waals surface area contributed by atoms with Gasteiger partial charge in [0.05, 0.1) is 19.0 Å². The van der Waals surface area contributed by atoms with Gasteiger partial charge in [-0.15, -0.1) is 0 Å². The van der Waals surface area contributed by atoms with E-state index in [-0.39, 0.29) is 5.91 Å². The summed E-state index contributed by atoms with van der Waals surface area (Å²) in [5, 5.41) is 4.10. The molecule has 2 aromatic heterocycles. The summed E-state index contributed by atoms with van der Waals surface area (Å²) in [4.78, 5) is 23.6. The maximum Gasteiger partial charge on any atom is 0.251 e. The zero-order chi connectivity index (χ0) is 21.9. The van der Waals surface area contributed by atoms with E-state index in [9.17, 15) is 4.79 Å². The van der Waals surface area contributed by atoms with Crippen LogP contribution in [0.5, 0.6) is 5.75 Å². The van der Waals surface area contributed by atoms with E-state index in [4.69, 9.17) is 9.72 Å². The maximum absolute atomic E-state index is 12.5. The molecule has 1 aliphatic heterocycles. The lowest BCUT2D eigenvalue weighted by Crippen LogP contribution is -2.25. The van der Waals surface area contributed by atoms with Crippen LogP contribution in [0.4, 0.5) is 11.5 Å². The molecule has 0 fully saturated rings. The van der Waals surface area contributed by atoms with Crippen molar-refractivity contribution < 1.29 is 9.53 Å². The highest BCUT2D eigenvalue weighted by atomic mass is 16.5. The van der Waals surface area contributed by atoms with E-state index < -0.39 is 0 Å². The second-order valence-electron chi connectivity index (χ2n) is 7.89. The first kappa shape index (κ1) is 20.1. The molecule has 2 aromatic carbocycles. The number of imidazole rings is 1. The van der Waals surface area contributed by atoms with Crippen molar-refractivity contribution >= 4 is 28.3 Å². The number of nitrogens with one attached hydrogen (secondary N) is 1. The average Bonchev–Trinajstić information content (AvgIpc) is 3.50. The van der Waals surface area contributed by atoms with Gasteiger partial charge in [-0.05, 0) is 60.9 Å². The molecule has 0 spiro atoms. The number of carbonyl (C=O) groups is 1. The summed E-state index contributed by atoms with van der Waals surface area (Å²) in [7, 11) is 1.66. The van der Waals surface area contributed by atoms with Gasteiger partial charge >= 0.3 is 0 Å². The molecule has 0 radical (unpaired) electrons. The fourth-order valence-electron chi connectivity index (χ4n) is 4.09. The van der Waals surface area contributed by atoms with Crippen LogP contribution in [0, 0.1) is 0 Å². The highest BCUT2D eigenvalue weighted by Gasteiger charge is 2.23. The van der Waals surface area contributed by atoms with Crippen molar-refractivity contribution in [2.75, 3.05) is 25.1 Å². The van der Waals surface area contributed by atoms with Crippen LogP contribution in [0.2, 0.25) is 0 Å². The predicted octanol–water partition coefficient (Wildman–Crippen LogP) is 3.95. The lowest BCUT2D eigenvalue weighted by Gasteiger charge is -2.19. The Balaban J connectivity index is 1.26. The van der Waals surface area contributed by atoms with E-state index in [1.807, 2.05) is 53.2 Å². The lowest BCUT2D eigenvalue weighted by molar-refractivity contribution is 0.0952. The third-order valence-electron chi connectivity index (χ3n) is 5.82. The normalized spacial score (nSPS) is 12.7. The zero-order valence-electron chi connectivity index (χ0n) is 18.0. The minimum Gasteiger partial charge on any atom is -0.497 e. The third kappa shape index (κ3) is 4.01. The molecule has 0 atom stereocenters. The molecule has 0 saturated carbocycles. The third-order valence-corrected chi connectivity index (χ3v) is 5.82. The fraction of sp³-hybridized carbons (Fsp3) is 0.240. The Labute approximate surface area is 186 Å². The zero-order valence-corrected chi connectivity index (χ0v) is 18.0. The first-order valence-corrected chi connectivity index (χ1v) is 10.8. The van der Waals surface area contributed by atoms with Crippen LogP contribution in [0.25, 0.3) is 10.9 Å². The number of aromatic nitrogens is 3. The van der Waals surface area contributed by atoms with Crippen LogP contribution in [-0.4, -0.2) is 40.6 Å². The SMILES string of the molecule is COc1ccc2cc3c(nc2c1)N(c1ccc(C(=O)NCCCn2ccnc2)cc1)CC3. The first-order chi connectivity index (χ1) is 15.7. The minimum absolute atomic E-state index is 0.0554. The van der Waals surface area contributed by atoms with Crippen molar-refractivity contribution in [1.82, 2.24) is 19.9 Å². The van der Waals surface area contributed by atoms with Crippen molar-refractivity contribution in [3.05, 3.63) is 78.4 Å². The summed E-state index contributed by atoms with van der Waals surface area (Å²) < 4.78 is 7.35. The number of hydrogen-bond donors (Lipinski definition) is 1. The molecule has 32 heavy (non-hydrogen) atoms. The molecule has 162 valence electrons. The molecule has 3 heterocycles. The molecule has 0 saturated heterocycles. The summed E-state index contributed by atoms with van der Waals surface area (Å²) >= 11 is 0. The monoisotopic (exact) mass is 427 g/mol. The first-order valence-electron chi connectivity index (χ1n) is 10.8. The lowest BCUT2D eigenvalue weighted by atomic mass is 10.1.